The third-order valence-corrected chi connectivity index (χ3v) is 1.49. The molecule has 2 aromatic rings. The van der Waals surface area contributed by atoms with E-state index in [9.17, 15) is 0 Å². The number of nitrogens with zero attached hydrogens (tertiary/aromatic N) is 2. The summed E-state index contributed by atoms with van der Waals surface area (Å²) in [5.41, 5.74) is 1.28. The summed E-state index contributed by atoms with van der Waals surface area (Å²) in [6, 6.07) is 1.73. The van der Waals surface area contributed by atoms with Crippen molar-refractivity contribution in [2.45, 2.75) is 0 Å². The number of hydrogen-bond acceptors (Lipinski definition) is 3. The van der Waals surface area contributed by atoms with Crippen molar-refractivity contribution < 1.29 is 9.52 Å². The van der Waals surface area contributed by atoms with Crippen molar-refractivity contribution in [1.29, 1.82) is 0 Å². The lowest BCUT2D eigenvalue weighted by atomic mass is 10.6. The number of aromatic nitrogens is 2. The third-order valence-electron chi connectivity index (χ3n) is 1.49. The van der Waals surface area contributed by atoms with Crippen LogP contribution in [0.15, 0.2) is 16.7 Å². The Morgan fingerprint density at radius 2 is 2.50 bits per heavy atom. The minimum atomic E-state index is -0.0191. The highest BCUT2D eigenvalue weighted by molar-refractivity contribution is 5.70. The molecule has 1 N–H and O–H groups in total. The predicted molar refractivity (Wildman–Crippen MR) is 34.6 cm³/mol. The number of furan rings is 1. The molecule has 0 fully saturated rings. The third kappa shape index (κ3) is 0.478. The molecule has 0 saturated carbocycles. The highest BCUT2D eigenvalue weighted by Gasteiger charge is 2.06. The van der Waals surface area contributed by atoms with Crippen LogP contribution in [0.3, 0.4) is 0 Å². The molecule has 0 aromatic carbocycles. The van der Waals surface area contributed by atoms with Crippen LogP contribution in [-0.2, 0) is 7.05 Å². The molecule has 52 valence electrons. The van der Waals surface area contributed by atoms with Gasteiger partial charge in [-0.25, -0.2) is 0 Å². The molecule has 0 amide bonds. The number of hydrogen-bond donors (Lipinski definition) is 1. The smallest absolute Gasteiger partial charge is 0.297 e. The van der Waals surface area contributed by atoms with Gasteiger partial charge in [-0.05, 0) is 0 Å². The van der Waals surface area contributed by atoms with Gasteiger partial charge in [0.2, 0.25) is 5.71 Å². The van der Waals surface area contributed by atoms with Crippen LogP contribution in [-0.4, -0.2) is 14.7 Å². The van der Waals surface area contributed by atoms with Crippen molar-refractivity contribution in [3.63, 3.8) is 0 Å². The van der Waals surface area contributed by atoms with E-state index in [0.29, 0.717) is 5.71 Å². The van der Waals surface area contributed by atoms with E-state index in [2.05, 4.69) is 4.98 Å². The fraction of sp³-hybridized carbons (Fsp3) is 0.167. The Hall–Kier alpha value is -1.45. The maximum absolute atomic E-state index is 9.02. The van der Waals surface area contributed by atoms with E-state index < -0.39 is 0 Å². The molecule has 4 nitrogen and oxygen atoms in total. The average molecular weight is 138 g/mol. The molecular formula is C6H6N2O2. The average Bonchev–Trinajstić information content (AvgIpc) is 2.41. The van der Waals surface area contributed by atoms with Gasteiger partial charge in [-0.3, -0.25) is 4.57 Å². The molecule has 0 aliphatic heterocycles. The van der Waals surface area contributed by atoms with Gasteiger partial charge in [0, 0.05) is 13.1 Å². The highest BCUT2D eigenvalue weighted by atomic mass is 16.3. The minimum Gasteiger partial charge on any atom is -0.480 e. The van der Waals surface area contributed by atoms with Crippen LogP contribution in [0.4, 0.5) is 0 Å². The Labute approximate surface area is 56.7 Å². The molecular weight excluding hydrogens is 132 g/mol. The molecule has 10 heavy (non-hydrogen) atoms. The van der Waals surface area contributed by atoms with E-state index in [0.717, 1.165) is 5.52 Å². The molecule has 0 aliphatic rings. The second kappa shape index (κ2) is 1.53. The van der Waals surface area contributed by atoms with E-state index in [-0.39, 0.29) is 6.01 Å². The van der Waals surface area contributed by atoms with Gasteiger partial charge >= 0.3 is 0 Å². The van der Waals surface area contributed by atoms with Gasteiger partial charge in [0.05, 0.1) is 6.26 Å². The Balaban J connectivity index is 2.95. The maximum atomic E-state index is 9.02. The lowest BCUT2D eigenvalue weighted by Crippen LogP contribution is -1.83. The van der Waals surface area contributed by atoms with E-state index in [1.165, 1.54) is 6.26 Å². The summed E-state index contributed by atoms with van der Waals surface area (Å²) in [7, 11) is 1.72. The number of aryl methyl sites for hydroxylation is 1. The summed E-state index contributed by atoms with van der Waals surface area (Å²) in [5.74, 6) is 0. The molecule has 0 radical (unpaired) electrons. The zero-order chi connectivity index (χ0) is 7.14. The topological polar surface area (TPSA) is 51.2 Å². The monoisotopic (exact) mass is 138 g/mol. The first-order valence-corrected chi connectivity index (χ1v) is 2.88. The Bertz CT molecular complexity index is 361. The Morgan fingerprint density at radius 1 is 1.70 bits per heavy atom. The Morgan fingerprint density at radius 3 is 3.20 bits per heavy atom. The molecule has 0 aliphatic carbocycles. The van der Waals surface area contributed by atoms with Crippen LogP contribution in [0.5, 0.6) is 6.01 Å². The molecule has 0 bridgehead atoms. The van der Waals surface area contributed by atoms with Gasteiger partial charge in [-0.1, -0.05) is 0 Å². The van der Waals surface area contributed by atoms with Crippen molar-refractivity contribution in [3.8, 4) is 6.01 Å². The summed E-state index contributed by atoms with van der Waals surface area (Å²) < 4.78 is 6.48. The number of fused-ring (bicyclic) bond motifs is 1. The van der Waals surface area contributed by atoms with E-state index in [4.69, 9.17) is 9.52 Å². The molecule has 0 atom stereocenters. The molecule has 2 rings (SSSR count). The minimum absolute atomic E-state index is 0.0191. The van der Waals surface area contributed by atoms with Crippen molar-refractivity contribution in [1.82, 2.24) is 9.55 Å². The zero-order valence-corrected chi connectivity index (χ0v) is 5.40. The number of imidazole rings is 1. The lowest BCUT2D eigenvalue weighted by molar-refractivity contribution is 0.413. The second-order valence-electron chi connectivity index (χ2n) is 2.08. The fourth-order valence-corrected chi connectivity index (χ4v) is 0.907. The first kappa shape index (κ1) is 5.34. The second-order valence-corrected chi connectivity index (χ2v) is 2.08. The van der Waals surface area contributed by atoms with E-state index in [1.807, 2.05) is 0 Å². The van der Waals surface area contributed by atoms with Crippen molar-refractivity contribution in [2.24, 2.45) is 7.05 Å². The highest BCUT2D eigenvalue weighted by Crippen LogP contribution is 2.18. The van der Waals surface area contributed by atoms with E-state index >= 15 is 0 Å². The molecule has 0 saturated heterocycles. The first-order valence-electron chi connectivity index (χ1n) is 2.88. The first-order chi connectivity index (χ1) is 4.79. The maximum Gasteiger partial charge on any atom is 0.297 e. The van der Waals surface area contributed by atoms with E-state index in [1.54, 1.807) is 17.7 Å². The summed E-state index contributed by atoms with van der Waals surface area (Å²) in [5, 5.41) is 9.02. The van der Waals surface area contributed by atoms with Gasteiger partial charge in [0.25, 0.3) is 6.01 Å². The summed E-state index contributed by atoms with van der Waals surface area (Å²) >= 11 is 0. The van der Waals surface area contributed by atoms with Crippen molar-refractivity contribution in [3.05, 3.63) is 12.3 Å². The SMILES string of the molecule is Cn1c(O)nc2occc21. The lowest BCUT2D eigenvalue weighted by Gasteiger charge is -1.88. The summed E-state index contributed by atoms with van der Waals surface area (Å²) in [6.07, 6.45) is 1.54. The van der Waals surface area contributed by atoms with Gasteiger partial charge in [0.1, 0.15) is 5.52 Å². The van der Waals surface area contributed by atoms with Crippen LogP contribution in [0.2, 0.25) is 0 Å². The molecule has 4 heteroatoms. The largest absolute Gasteiger partial charge is 0.480 e. The number of rotatable bonds is 0. The van der Waals surface area contributed by atoms with Gasteiger partial charge in [-0.15, -0.1) is 0 Å². The van der Waals surface area contributed by atoms with Gasteiger partial charge in [-0.2, -0.15) is 4.98 Å². The van der Waals surface area contributed by atoms with Crippen molar-refractivity contribution >= 4 is 11.2 Å². The molecule has 0 unspecified atom stereocenters. The molecule has 0 spiro atoms. The van der Waals surface area contributed by atoms with Crippen LogP contribution in [0, 0.1) is 0 Å². The summed E-state index contributed by atoms with van der Waals surface area (Å²) in [6.45, 7) is 0. The van der Waals surface area contributed by atoms with Crippen molar-refractivity contribution in [2.75, 3.05) is 0 Å². The fourth-order valence-electron chi connectivity index (χ4n) is 0.907. The standard InChI is InChI=1S/C6H6N2O2/c1-8-4-2-3-10-5(4)7-6(8)9/h2-3H,1H3,(H,7,9). The molecule has 2 aromatic heterocycles. The Kier molecular flexibility index (Phi) is 0.818. The zero-order valence-electron chi connectivity index (χ0n) is 5.40. The van der Waals surface area contributed by atoms with Crippen LogP contribution in [0.1, 0.15) is 0 Å². The van der Waals surface area contributed by atoms with Crippen LogP contribution in [0.25, 0.3) is 11.2 Å². The predicted octanol–water partition coefficient (Wildman–Crippen LogP) is 0.872. The van der Waals surface area contributed by atoms with Crippen LogP contribution < -0.4 is 0 Å². The van der Waals surface area contributed by atoms with Crippen LogP contribution >= 0.6 is 0 Å². The van der Waals surface area contributed by atoms with Gasteiger partial charge in [0.15, 0.2) is 0 Å². The van der Waals surface area contributed by atoms with Gasteiger partial charge < -0.3 is 9.52 Å². The normalized spacial score (nSPS) is 10.9. The summed E-state index contributed by atoms with van der Waals surface area (Å²) in [4.78, 5) is 3.72. The quantitative estimate of drug-likeness (QED) is 0.587. The number of aromatic hydroxyl groups is 1. The molecule has 2 heterocycles.